The molecule has 3 rings (SSSR count). The average Bonchev–Trinajstić information content (AvgIpc) is 2.58. The molecule has 0 saturated carbocycles. The molecule has 0 unspecified atom stereocenters. The summed E-state index contributed by atoms with van der Waals surface area (Å²) in [7, 11) is 0. The first-order valence-corrected chi connectivity index (χ1v) is 7.57. The van der Waals surface area contributed by atoms with Crippen molar-refractivity contribution in [3.05, 3.63) is 71.8 Å². The summed E-state index contributed by atoms with van der Waals surface area (Å²) in [6.07, 6.45) is -0.321. The molecule has 0 spiro atoms. The van der Waals surface area contributed by atoms with Gasteiger partial charge in [0, 0.05) is 0 Å². The molecule has 3 heteroatoms. The molecular weight excluding hydrogens is 274 g/mol. The molecule has 22 heavy (non-hydrogen) atoms. The lowest BCUT2D eigenvalue weighted by atomic mass is 9.95. The smallest absolute Gasteiger partial charge is 0.113 e. The highest BCUT2D eigenvalue weighted by Crippen LogP contribution is 2.41. The Kier molecular flexibility index (Phi) is 4.53. The van der Waals surface area contributed by atoms with Gasteiger partial charge in [0.1, 0.15) is 12.2 Å². The van der Waals surface area contributed by atoms with Crippen LogP contribution in [0.2, 0.25) is 0 Å². The normalized spacial score (nSPS) is 28.0. The van der Waals surface area contributed by atoms with Crippen molar-refractivity contribution in [3.63, 3.8) is 0 Å². The van der Waals surface area contributed by atoms with Gasteiger partial charge in [0.05, 0.1) is 24.7 Å². The molecule has 0 aliphatic carbocycles. The molecule has 2 aromatic carbocycles. The summed E-state index contributed by atoms with van der Waals surface area (Å²) in [4.78, 5) is 0. The van der Waals surface area contributed by atoms with Crippen LogP contribution < -0.4 is 0 Å². The van der Waals surface area contributed by atoms with Gasteiger partial charge < -0.3 is 9.47 Å². The van der Waals surface area contributed by atoms with Crippen LogP contribution in [0.1, 0.15) is 36.7 Å². The molecule has 0 bridgehead atoms. The van der Waals surface area contributed by atoms with E-state index in [4.69, 9.17) is 14.7 Å². The molecule has 0 radical (unpaired) electrons. The standard InChI is InChI=1S/C19H19NO2/c1-14-17(12-13-20)22-19(16-10-6-3-7-11-16)18(21-14)15-8-4-2-5-9-15/h2-11,14,17-19H,12H2,1H3/t14-,17-,18-,19-/m1/s1. The van der Waals surface area contributed by atoms with Crippen LogP contribution >= 0.6 is 0 Å². The van der Waals surface area contributed by atoms with Crippen LogP contribution in [0.25, 0.3) is 0 Å². The Labute approximate surface area is 131 Å². The van der Waals surface area contributed by atoms with E-state index in [9.17, 15) is 0 Å². The first-order valence-electron chi connectivity index (χ1n) is 7.57. The maximum atomic E-state index is 8.99. The fraction of sp³-hybridized carbons (Fsp3) is 0.316. The van der Waals surface area contributed by atoms with E-state index in [1.807, 2.05) is 55.5 Å². The van der Waals surface area contributed by atoms with Gasteiger partial charge in [-0.15, -0.1) is 0 Å². The molecule has 4 atom stereocenters. The molecule has 0 amide bonds. The predicted octanol–water partition coefficient (Wildman–Crippen LogP) is 4.19. The van der Waals surface area contributed by atoms with E-state index in [1.54, 1.807) is 0 Å². The maximum Gasteiger partial charge on any atom is 0.113 e. The van der Waals surface area contributed by atoms with Crippen LogP contribution in [0, 0.1) is 11.3 Å². The van der Waals surface area contributed by atoms with Gasteiger partial charge in [-0.05, 0) is 18.1 Å². The van der Waals surface area contributed by atoms with E-state index in [0.29, 0.717) is 6.42 Å². The molecule has 1 fully saturated rings. The highest BCUT2D eigenvalue weighted by Gasteiger charge is 2.38. The molecule has 2 aromatic rings. The van der Waals surface area contributed by atoms with Crippen LogP contribution in [-0.2, 0) is 9.47 Å². The van der Waals surface area contributed by atoms with Gasteiger partial charge in [0.15, 0.2) is 0 Å². The zero-order valence-corrected chi connectivity index (χ0v) is 12.6. The molecule has 0 aromatic heterocycles. The van der Waals surface area contributed by atoms with Crippen LogP contribution in [0.5, 0.6) is 0 Å². The average molecular weight is 293 g/mol. The van der Waals surface area contributed by atoms with Gasteiger partial charge in [0.2, 0.25) is 0 Å². The Balaban J connectivity index is 1.94. The summed E-state index contributed by atoms with van der Waals surface area (Å²) in [5.74, 6) is 0. The van der Waals surface area contributed by atoms with E-state index in [0.717, 1.165) is 11.1 Å². The zero-order valence-electron chi connectivity index (χ0n) is 12.6. The third kappa shape index (κ3) is 3.04. The lowest BCUT2D eigenvalue weighted by Gasteiger charge is -2.40. The molecular formula is C19H19NO2. The number of nitrogens with zero attached hydrogens (tertiary/aromatic N) is 1. The van der Waals surface area contributed by atoms with Gasteiger partial charge in [-0.3, -0.25) is 0 Å². The van der Waals surface area contributed by atoms with Gasteiger partial charge >= 0.3 is 0 Å². The summed E-state index contributed by atoms with van der Waals surface area (Å²) in [6, 6.07) is 22.4. The van der Waals surface area contributed by atoms with E-state index in [-0.39, 0.29) is 24.4 Å². The molecule has 1 aliphatic heterocycles. The summed E-state index contributed by atoms with van der Waals surface area (Å²) in [5.41, 5.74) is 2.17. The highest BCUT2D eigenvalue weighted by molar-refractivity contribution is 5.26. The fourth-order valence-electron chi connectivity index (χ4n) is 2.86. The second-order valence-electron chi connectivity index (χ2n) is 5.54. The second-order valence-corrected chi connectivity index (χ2v) is 5.54. The summed E-state index contributed by atoms with van der Waals surface area (Å²) in [5, 5.41) is 8.99. The van der Waals surface area contributed by atoms with E-state index in [1.165, 1.54) is 0 Å². The second kappa shape index (κ2) is 6.74. The largest absolute Gasteiger partial charge is 0.365 e. The van der Waals surface area contributed by atoms with Crippen LogP contribution in [0.15, 0.2) is 60.7 Å². The van der Waals surface area contributed by atoms with Gasteiger partial charge in [-0.2, -0.15) is 5.26 Å². The number of nitriles is 1. The Morgan fingerprint density at radius 2 is 1.36 bits per heavy atom. The van der Waals surface area contributed by atoms with Crippen molar-refractivity contribution in [2.45, 2.75) is 37.8 Å². The quantitative estimate of drug-likeness (QED) is 0.852. The lowest BCUT2D eigenvalue weighted by Crippen LogP contribution is -2.39. The minimum absolute atomic E-state index is 0.107. The number of hydrogen-bond acceptors (Lipinski definition) is 3. The van der Waals surface area contributed by atoms with Crippen molar-refractivity contribution < 1.29 is 9.47 Å². The highest BCUT2D eigenvalue weighted by atomic mass is 16.6. The van der Waals surface area contributed by atoms with Gasteiger partial charge in [-0.25, -0.2) is 0 Å². The van der Waals surface area contributed by atoms with Crippen LogP contribution in [0.3, 0.4) is 0 Å². The minimum atomic E-state index is -0.199. The Hall–Kier alpha value is -2.15. The monoisotopic (exact) mass is 293 g/mol. The third-order valence-electron chi connectivity index (χ3n) is 4.03. The Morgan fingerprint density at radius 3 is 1.86 bits per heavy atom. The van der Waals surface area contributed by atoms with Crippen molar-refractivity contribution >= 4 is 0 Å². The molecule has 1 saturated heterocycles. The van der Waals surface area contributed by atoms with Crippen LogP contribution in [-0.4, -0.2) is 12.2 Å². The summed E-state index contributed by atoms with van der Waals surface area (Å²) >= 11 is 0. The Bertz CT molecular complexity index is 635. The van der Waals surface area contributed by atoms with E-state index in [2.05, 4.69) is 18.2 Å². The molecule has 3 nitrogen and oxygen atoms in total. The number of hydrogen-bond donors (Lipinski definition) is 0. The van der Waals surface area contributed by atoms with Crippen molar-refractivity contribution in [1.29, 1.82) is 5.26 Å². The molecule has 1 aliphatic rings. The van der Waals surface area contributed by atoms with Crippen molar-refractivity contribution in [2.24, 2.45) is 0 Å². The molecule has 1 heterocycles. The van der Waals surface area contributed by atoms with Crippen molar-refractivity contribution in [3.8, 4) is 6.07 Å². The lowest BCUT2D eigenvalue weighted by molar-refractivity contribution is -0.219. The van der Waals surface area contributed by atoms with Gasteiger partial charge in [0.25, 0.3) is 0 Å². The first kappa shape index (κ1) is 14.8. The minimum Gasteiger partial charge on any atom is -0.365 e. The maximum absolute atomic E-state index is 8.99. The number of rotatable bonds is 3. The van der Waals surface area contributed by atoms with Crippen LogP contribution in [0.4, 0.5) is 0 Å². The number of ether oxygens (including phenoxy) is 2. The Morgan fingerprint density at radius 1 is 0.864 bits per heavy atom. The van der Waals surface area contributed by atoms with Crippen molar-refractivity contribution in [2.75, 3.05) is 0 Å². The van der Waals surface area contributed by atoms with E-state index < -0.39 is 0 Å². The molecule has 0 N–H and O–H groups in total. The SMILES string of the molecule is C[C@H]1O[C@H](c2ccccc2)[C@@H](c2ccccc2)O[C@@H]1CC#N. The summed E-state index contributed by atoms with van der Waals surface area (Å²) < 4.78 is 12.5. The first-order chi connectivity index (χ1) is 10.8. The summed E-state index contributed by atoms with van der Waals surface area (Å²) in [6.45, 7) is 1.97. The fourth-order valence-corrected chi connectivity index (χ4v) is 2.86. The molecule has 112 valence electrons. The van der Waals surface area contributed by atoms with Gasteiger partial charge in [-0.1, -0.05) is 60.7 Å². The third-order valence-corrected chi connectivity index (χ3v) is 4.03. The van der Waals surface area contributed by atoms with E-state index >= 15 is 0 Å². The van der Waals surface area contributed by atoms with Crippen molar-refractivity contribution in [1.82, 2.24) is 0 Å². The zero-order chi connectivity index (χ0) is 15.4. The topological polar surface area (TPSA) is 42.2 Å². The predicted molar refractivity (Wildman–Crippen MR) is 84.0 cm³/mol. The number of benzene rings is 2.